The molecule has 0 radical (unpaired) electrons. The van der Waals surface area contributed by atoms with Gasteiger partial charge in [0.15, 0.2) is 0 Å². The number of phenols is 1. The maximum Gasteiger partial charge on any atom is 0.143 e. The Labute approximate surface area is 135 Å². The second-order valence-corrected chi connectivity index (χ2v) is 5.76. The molecule has 0 saturated carbocycles. The number of aryl methyl sites for hydroxylation is 2. The highest BCUT2D eigenvalue weighted by Crippen LogP contribution is 2.38. The predicted octanol–water partition coefficient (Wildman–Crippen LogP) is 3.63. The van der Waals surface area contributed by atoms with E-state index in [1.54, 1.807) is 29.3 Å². The maximum atomic E-state index is 10.6. The Hall–Kier alpha value is -2.31. The van der Waals surface area contributed by atoms with Crippen molar-refractivity contribution >= 4 is 11.4 Å². The average Bonchev–Trinajstić information content (AvgIpc) is 3.01. The van der Waals surface area contributed by atoms with Crippen LogP contribution in [0.4, 0.5) is 5.69 Å². The van der Waals surface area contributed by atoms with E-state index < -0.39 is 0 Å². The number of rotatable bonds is 4. The SMILES string of the molecule is CCCC1C=C(c2c(C)noc2C)N(c2ccc(O)cc2)N1O. The molecule has 1 unspecified atom stereocenters. The van der Waals surface area contributed by atoms with Crippen LogP contribution in [0.5, 0.6) is 5.75 Å². The lowest BCUT2D eigenvalue weighted by molar-refractivity contribution is -0.107. The first kappa shape index (κ1) is 15.6. The minimum absolute atomic E-state index is 0.113. The zero-order valence-corrected chi connectivity index (χ0v) is 13.5. The molecule has 2 heterocycles. The molecule has 1 aliphatic heterocycles. The fourth-order valence-corrected chi connectivity index (χ4v) is 2.96. The maximum absolute atomic E-state index is 10.6. The Morgan fingerprint density at radius 2 is 1.91 bits per heavy atom. The van der Waals surface area contributed by atoms with E-state index in [0.717, 1.165) is 35.5 Å². The molecule has 1 aromatic heterocycles. The summed E-state index contributed by atoms with van der Waals surface area (Å²) in [7, 11) is 0. The Balaban J connectivity index is 2.08. The number of hydroxylamine groups is 1. The van der Waals surface area contributed by atoms with E-state index in [1.165, 1.54) is 5.17 Å². The second kappa shape index (κ2) is 6.06. The van der Waals surface area contributed by atoms with E-state index in [-0.39, 0.29) is 11.8 Å². The number of hydrogen-bond donors (Lipinski definition) is 2. The fourth-order valence-electron chi connectivity index (χ4n) is 2.96. The number of anilines is 1. The molecule has 0 saturated heterocycles. The van der Waals surface area contributed by atoms with E-state index >= 15 is 0 Å². The Kier molecular flexibility index (Phi) is 4.11. The predicted molar refractivity (Wildman–Crippen MR) is 86.9 cm³/mol. The van der Waals surface area contributed by atoms with Crippen LogP contribution in [0.3, 0.4) is 0 Å². The number of benzene rings is 1. The van der Waals surface area contributed by atoms with Crippen LogP contribution in [-0.2, 0) is 0 Å². The molecule has 23 heavy (non-hydrogen) atoms. The molecule has 6 heteroatoms. The molecule has 3 rings (SSSR count). The first-order chi connectivity index (χ1) is 11.0. The average molecular weight is 315 g/mol. The number of aromatic nitrogens is 1. The fraction of sp³-hybridized carbons (Fsp3) is 0.353. The largest absolute Gasteiger partial charge is 0.508 e. The molecule has 0 bridgehead atoms. The molecule has 0 amide bonds. The van der Waals surface area contributed by atoms with Gasteiger partial charge in [0.1, 0.15) is 11.5 Å². The van der Waals surface area contributed by atoms with Gasteiger partial charge in [-0.1, -0.05) is 23.7 Å². The number of aromatic hydroxyl groups is 1. The van der Waals surface area contributed by atoms with Crippen LogP contribution in [0.2, 0.25) is 0 Å². The van der Waals surface area contributed by atoms with Gasteiger partial charge in [-0.25, -0.2) is 0 Å². The molecule has 0 aliphatic carbocycles. The van der Waals surface area contributed by atoms with Crippen LogP contribution < -0.4 is 5.01 Å². The van der Waals surface area contributed by atoms with Gasteiger partial charge in [-0.2, -0.15) is 0 Å². The molecule has 2 aromatic rings. The normalized spacial score (nSPS) is 18.5. The van der Waals surface area contributed by atoms with Crippen molar-refractivity contribution in [2.45, 2.75) is 39.7 Å². The van der Waals surface area contributed by atoms with Crippen LogP contribution in [0.1, 0.15) is 36.8 Å². The zero-order valence-electron chi connectivity index (χ0n) is 13.5. The summed E-state index contributed by atoms with van der Waals surface area (Å²) in [6, 6.07) is 6.61. The zero-order chi connectivity index (χ0) is 16.6. The van der Waals surface area contributed by atoms with E-state index in [1.807, 2.05) is 19.9 Å². The summed E-state index contributed by atoms with van der Waals surface area (Å²) in [6.07, 6.45) is 3.82. The highest BCUT2D eigenvalue weighted by atomic mass is 16.6. The first-order valence-electron chi connectivity index (χ1n) is 7.75. The minimum atomic E-state index is -0.113. The van der Waals surface area contributed by atoms with Crippen molar-refractivity contribution in [3.63, 3.8) is 0 Å². The third-order valence-corrected chi connectivity index (χ3v) is 4.05. The molecule has 0 spiro atoms. The summed E-state index contributed by atoms with van der Waals surface area (Å²) in [5, 5.41) is 27.1. The molecular formula is C17H21N3O3. The molecule has 1 aliphatic rings. The van der Waals surface area contributed by atoms with E-state index in [4.69, 9.17) is 4.52 Å². The van der Waals surface area contributed by atoms with Crippen molar-refractivity contribution in [3.8, 4) is 5.75 Å². The highest BCUT2D eigenvalue weighted by molar-refractivity contribution is 5.82. The monoisotopic (exact) mass is 315 g/mol. The minimum Gasteiger partial charge on any atom is -0.508 e. The van der Waals surface area contributed by atoms with Gasteiger partial charge < -0.3 is 9.63 Å². The number of nitrogens with zero attached hydrogens (tertiary/aromatic N) is 3. The number of phenolic OH excluding ortho intramolecular Hbond substituents is 1. The third-order valence-electron chi connectivity index (χ3n) is 4.05. The van der Waals surface area contributed by atoms with Gasteiger partial charge >= 0.3 is 0 Å². The van der Waals surface area contributed by atoms with E-state index in [9.17, 15) is 10.3 Å². The van der Waals surface area contributed by atoms with Crippen LogP contribution in [0.15, 0.2) is 34.9 Å². The smallest absolute Gasteiger partial charge is 0.143 e. The van der Waals surface area contributed by atoms with Crippen molar-refractivity contribution in [1.82, 2.24) is 10.3 Å². The quantitative estimate of drug-likeness (QED) is 0.897. The van der Waals surface area contributed by atoms with Crippen LogP contribution in [0.25, 0.3) is 5.70 Å². The van der Waals surface area contributed by atoms with Crippen molar-refractivity contribution < 1.29 is 14.8 Å². The molecule has 6 nitrogen and oxygen atoms in total. The molecule has 0 fully saturated rings. The van der Waals surface area contributed by atoms with Crippen molar-refractivity contribution in [2.24, 2.45) is 0 Å². The standard InChI is InChI=1S/C17H21N3O3/c1-4-5-14-10-16(17-11(2)18-23-12(17)3)19(20(14)22)13-6-8-15(21)9-7-13/h6-10,14,21-22H,4-5H2,1-3H3. The lowest BCUT2D eigenvalue weighted by Gasteiger charge is -2.30. The summed E-state index contributed by atoms with van der Waals surface area (Å²) in [5.41, 5.74) is 3.27. The van der Waals surface area contributed by atoms with Gasteiger partial charge in [-0.15, -0.1) is 0 Å². The van der Waals surface area contributed by atoms with Crippen LogP contribution in [-0.4, -0.2) is 26.7 Å². The molecule has 1 aromatic carbocycles. The van der Waals surface area contributed by atoms with Crippen molar-refractivity contribution in [2.75, 3.05) is 5.01 Å². The number of hydrogen-bond acceptors (Lipinski definition) is 6. The summed E-state index contributed by atoms with van der Waals surface area (Å²) in [4.78, 5) is 0. The molecule has 1 atom stereocenters. The van der Waals surface area contributed by atoms with E-state index in [2.05, 4.69) is 12.1 Å². The number of hydrazine groups is 1. The molecule has 2 N–H and O–H groups in total. The van der Waals surface area contributed by atoms with Crippen molar-refractivity contribution in [1.29, 1.82) is 0 Å². The van der Waals surface area contributed by atoms with Gasteiger partial charge in [0.05, 0.1) is 28.7 Å². The third kappa shape index (κ3) is 2.71. The lowest BCUT2D eigenvalue weighted by atomic mass is 10.1. The highest BCUT2D eigenvalue weighted by Gasteiger charge is 2.35. The first-order valence-corrected chi connectivity index (χ1v) is 7.75. The van der Waals surface area contributed by atoms with Gasteiger partial charge in [0.2, 0.25) is 0 Å². The van der Waals surface area contributed by atoms with Gasteiger partial charge in [0, 0.05) is 0 Å². The summed E-state index contributed by atoms with van der Waals surface area (Å²) < 4.78 is 5.28. The Bertz CT molecular complexity index is 702. The van der Waals surface area contributed by atoms with Crippen LogP contribution >= 0.6 is 0 Å². The topological polar surface area (TPSA) is 73.0 Å². The Morgan fingerprint density at radius 1 is 1.22 bits per heavy atom. The summed E-state index contributed by atoms with van der Waals surface area (Å²) >= 11 is 0. The summed E-state index contributed by atoms with van der Waals surface area (Å²) in [6.45, 7) is 5.83. The second-order valence-electron chi connectivity index (χ2n) is 5.76. The summed E-state index contributed by atoms with van der Waals surface area (Å²) in [5.74, 6) is 0.897. The van der Waals surface area contributed by atoms with Gasteiger partial charge in [-0.3, -0.25) is 10.2 Å². The van der Waals surface area contributed by atoms with Gasteiger partial charge in [-0.05, 0) is 50.6 Å². The Morgan fingerprint density at radius 3 is 2.48 bits per heavy atom. The van der Waals surface area contributed by atoms with Gasteiger partial charge in [0.25, 0.3) is 0 Å². The van der Waals surface area contributed by atoms with E-state index in [0.29, 0.717) is 5.76 Å². The van der Waals surface area contributed by atoms with Crippen LogP contribution in [0, 0.1) is 13.8 Å². The molecule has 122 valence electrons. The lowest BCUT2D eigenvalue weighted by Crippen LogP contribution is -2.39. The molecular weight excluding hydrogens is 294 g/mol. The van der Waals surface area contributed by atoms with Crippen molar-refractivity contribution in [3.05, 3.63) is 47.4 Å².